The molecule has 0 unspecified atom stereocenters. The Labute approximate surface area is 157 Å². The maximum absolute atomic E-state index is 13.1. The second kappa shape index (κ2) is 7.67. The fourth-order valence-electron chi connectivity index (χ4n) is 2.36. The number of furan rings is 1. The maximum Gasteiger partial charge on any atom is 0.417 e. The minimum atomic E-state index is -4.50. The van der Waals surface area contributed by atoms with Crippen molar-refractivity contribution in [1.82, 2.24) is 5.43 Å². The molecule has 0 saturated heterocycles. The molecule has 138 valence electrons. The zero-order valence-electron chi connectivity index (χ0n) is 13.6. The van der Waals surface area contributed by atoms with Crippen LogP contribution in [0.4, 0.5) is 13.2 Å². The van der Waals surface area contributed by atoms with Crippen LogP contribution in [0.25, 0.3) is 11.3 Å². The Bertz CT molecular complexity index is 996. The Kier molecular flexibility index (Phi) is 5.32. The molecule has 0 bridgehead atoms. The Morgan fingerprint density at radius 1 is 1.07 bits per heavy atom. The molecule has 2 aromatic carbocycles. The van der Waals surface area contributed by atoms with E-state index in [1.165, 1.54) is 42.6 Å². The summed E-state index contributed by atoms with van der Waals surface area (Å²) in [5.74, 6) is -0.248. The number of alkyl halides is 3. The van der Waals surface area contributed by atoms with Gasteiger partial charge < -0.3 is 4.42 Å². The first-order valence-electron chi connectivity index (χ1n) is 7.70. The average molecular weight is 393 g/mol. The summed E-state index contributed by atoms with van der Waals surface area (Å²) in [7, 11) is 0. The number of hydrogen-bond acceptors (Lipinski definition) is 3. The molecule has 1 amide bonds. The van der Waals surface area contributed by atoms with Crippen LogP contribution in [0.2, 0.25) is 5.02 Å². The van der Waals surface area contributed by atoms with E-state index in [1.807, 2.05) is 0 Å². The van der Waals surface area contributed by atoms with Gasteiger partial charge in [0.05, 0.1) is 11.8 Å². The zero-order chi connectivity index (χ0) is 19.4. The van der Waals surface area contributed by atoms with Gasteiger partial charge in [0.15, 0.2) is 0 Å². The summed E-state index contributed by atoms with van der Waals surface area (Å²) in [4.78, 5) is 11.9. The van der Waals surface area contributed by atoms with Crippen molar-refractivity contribution in [2.45, 2.75) is 6.18 Å². The summed E-state index contributed by atoms with van der Waals surface area (Å²) >= 11 is 5.81. The Balaban J connectivity index is 1.74. The molecule has 0 radical (unpaired) electrons. The van der Waals surface area contributed by atoms with Gasteiger partial charge in [0.1, 0.15) is 11.5 Å². The van der Waals surface area contributed by atoms with Crippen molar-refractivity contribution in [3.8, 4) is 11.3 Å². The van der Waals surface area contributed by atoms with Crippen LogP contribution in [0.1, 0.15) is 21.7 Å². The van der Waals surface area contributed by atoms with Crippen molar-refractivity contribution < 1.29 is 22.4 Å². The maximum atomic E-state index is 13.1. The van der Waals surface area contributed by atoms with Crippen LogP contribution in [0.3, 0.4) is 0 Å². The monoisotopic (exact) mass is 392 g/mol. The van der Waals surface area contributed by atoms with E-state index in [-0.39, 0.29) is 17.1 Å². The predicted molar refractivity (Wildman–Crippen MR) is 95.7 cm³/mol. The molecule has 0 aliphatic rings. The molecule has 0 atom stereocenters. The summed E-state index contributed by atoms with van der Waals surface area (Å²) in [6, 6.07) is 14.3. The third kappa shape index (κ3) is 4.57. The Morgan fingerprint density at radius 3 is 2.59 bits per heavy atom. The molecule has 0 saturated carbocycles. The number of carbonyl (C=O) groups excluding carboxylic acids is 1. The highest BCUT2D eigenvalue weighted by Crippen LogP contribution is 2.37. The molecule has 0 fully saturated rings. The average Bonchev–Trinajstić information content (AvgIpc) is 3.10. The number of benzene rings is 2. The van der Waals surface area contributed by atoms with E-state index in [4.69, 9.17) is 16.0 Å². The van der Waals surface area contributed by atoms with Crippen LogP contribution < -0.4 is 5.43 Å². The van der Waals surface area contributed by atoms with Gasteiger partial charge in [-0.05, 0) is 36.4 Å². The van der Waals surface area contributed by atoms with E-state index >= 15 is 0 Å². The number of amides is 1. The topological polar surface area (TPSA) is 54.6 Å². The predicted octanol–water partition coefficient (Wildman–Crippen LogP) is 5.38. The van der Waals surface area contributed by atoms with Gasteiger partial charge in [-0.3, -0.25) is 4.79 Å². The van der Waals surface area contributed by atoms with E-state index < -0.39 is 17.6 Å². The van der Waals surface area contributed by atoms with Crippen molar-refractivity contribution in [3.05, 3.63) is 82.6 Å². The van der Waals surface area contributed by atoms with Gasteiger partial charge in [-0.1, -0.05) is 35.9 Å². The van der Waals surface area contributed by atoms with Gasteiger partial charge in [0.2, 0.25) is 0 Å². The highest BCUT2D eigenvalue weighted by atomic mass is 35.5. The van der Waals surface area contributed by atoms with Gasteiger partial charge in [-0.2, -0.15) is 18.3 Å². The number of hydrogen-bond donors (Lipinski definition) is 1. The van der Waals surface area contributed by atoms with Crippen LogP contribution in [-0.4, -0.2) is 12.1 Å². The number of hydrazone groups is 1. The van der Waals surface area contributed by atoms with Crippen LogP contribution >= 0.6 is 11.6 Å². The molecule has 1 heterocycles. The summed E-state index contributed by atoms with van der Waals surface area (Å²) in [5.41, 5.74) is 1.74. The lowest BCUT2D eigenvalue weighted by Crippen LogP contribution is -2.17. The Morgan fingerprint density at radius 2 is 1.85 bits per heavy atom. The number of carbonyl (C=O) groups is 1. The lowest BCUT2D eigenvalue weighted by Gasteiger charge is -2.10. The standard InChI is InChI=1S/C19H12ClF3N2O2/c20-13-5-3-4-12(10-13)18(26)25-24-11-14-8-9-17(27-14)15-6-1-2-7-16(15)19(21,22)23/h1-11H,(H,25,26)/b24-11-. The lowest BCUT2D eigenvalue weighted by atomic mass is 10.1. The van der Waals surface area contributed by atoms with E-state index in [0.29, 0.717) is 10.6 Å². The van der Waals surface area contributed by atoms with Crippen LogP contribution in [0, 0.1) is 0 Å². The number of nitrogens with one attached hydrogen (secondary N) is 1. The highest BCUT2D eigenvalue weighted by Gasteiger charge is 2.34. The zero-order valence-corrected chi connectivity index (χ0v) is 14.4. The quantitative estimate of drug-likeness (QED) is 0.478. The van der Waals surface area contributed by atoms with Gasteiger partial charge in [-0.15, -0.1) is 0 Å². The summed E-state index contributed by atoms with van der Waals surface area (Å²) < 4.78 is 44.7. The SMILES string of the molecule is O=C(N/N=C\c1ccc(-c2ccccc2C(F)(F)F)o1)c1cccc(Cl)c1. The molecule has 0 aliphatic heterocycles. The molecular formula is C19H12ClF3N2O2. The van der Waals surface area contributed by atoms with Crippen molar-refractivity contribution >= 4 is 23.7 Å². The first-order chi connectivity index (χ1) is 12.8. The van der Waals surface area contributed by atoms with Crippen molar-refractivity contribution in [3.63, 3.8) is 0 Å². The molecule has 3 rings (SSSR count). The minimum absolute atomic E-state index is 0.0468. The number of halogens is 4. The second-order valence-electron chi connectivity index (χ2n) is 5.45. The van der Waals surface area contributed by atoms with E-state index in [0.717, 1.165) is 6.07 Å². The fraction of sp³-hybridized carbons (Fsp3) is 0.0526. The lowest BCUT2D eigenvalue weighted by molar-refractivity contribution is -0.137. The molecule has 3 aromatic rings. The number of nitrogens with zero attached hydrogens (tertiary/aromatic N) is 1. The minimum Gasteiger partial charge on any atom is -0.455 e. The van der Waals surface area contributed by atoms with E-state index in [1.54, 1.807) is 18.2 Å². The van der Waals surface area contributed by atoms with Crippen LogP contribution in [0.15, 0.2) is 70.2 Å². The number of rotatable bonds is 4. The Hall–Kier alpha value is -3.06. The molecule has 8 heteroatoms. The van der Waals surface area contributed by atoms with Gasteiger partial charge in [0, 0.05) is 16.1 Å². The largest absolute Gasteiger partial charge is 0.455 e. The first kappa shape index (κ1) is 18.7. The van der Waals surface area contributed by atoms with Gasteiger partial charge in [0.25, 0.3) is 5.91 Å². The molecule has 0 aliphatic carbocycles. The fourth-order valence-corrected chi connectivity index (χ4v) is 2.55. The third-order valence-electron chi connectivity index (χ3n) is 3.57. The summed E-state index contributed by atoms with van der Waals surface area (Å²) in [5, 5.41) is 4.15. The third-order valence-corrected chi connectivity index (χ3v) is 3.80. The van der Waals surface area contributed by atoms with Crippen molar-refractivity contribution in [2.24, 2.45) is 5.10 Å². The smallest absolute Gasteiger partial charge is 0.417 e. The molecule has 27 heavy (non-hydrogen) atoms. The van der Waals surface area contributed by atoms with Crippen molar-refractivity contribution in [2.75, 3.05) is 0 Å². The van der Waals surface area contributed by atoms with E-state index in [9.17, 15) is 18.0 Å². The molecule has 0 spiro atoms. The normalized spacial score (nSPS) is 11.7. The summed E-state index contributed by atoms with van der Waals surface area (Å²) in [6.07, 6.45) is -3.30. The molecular weight excluding hydrogens is 381 g/mol. The van der Waals surface area contributed by atoms with Crippen molar-refractivity contribution in [1.29, 1.82) is 0 Å². The highest BCUT2D eigenvalue weighted by molar-refractivity contribution is 6.30. The molecule has 1 aromatic heterocycles. The van der Waals surface area contributed by atoms with E-state index in [2.05, 4.69) is 10.5 Å². The molecule has 1 N–H and O–H groups in total. The molecule has 4 nitrogen and oxygen atoms in total. The van der Waals surface area contributed by atoms with Crippen LogP contribution in [-0.2, 0) is 6.18 Å². The van der Waals surface area contributed by atoms with Gasteiger partial charge >= 0.3 is 6.18 Å². The summed E-state index contributed by atoms with van der Waals surface area (Å²) in [6.45, 7) is 0. The van der Waals surface area contributed by atoms with Gasteiger partial charge in [-0.25, -0.2) is 5.43 Å². The second-order valence-corrected chi connectivity index (χ2v) is 5.89. The van der Waals surface area contributed by atoms with Crippen LogP contribution in [0.5, 0.6) is 0 Å². The first-order valence-corrected chi connectivity index (χ1v) is 8.08.